The Bertz CT molecular complexity index is 644. The smallest absolute Gasteiger partial charge is 0.0956 e. The van der Waals surface area contributed by atoms with Gasteiger partial charge < -0.3 is 14.2 Å². The van der Waals surface area contributed by atoms with Crippen LogP contribution in [-0.2, 0) is 17.7 Å². The highest BCUT2D eigenvalue weighted by Crippen LogP contribution is 2.26. The highest BCUT2D eigenvalue weighted by atomic mass is 32.2. The molecule has 136 valence electrons. The molecule has 0 bridgehead atoms. The molecule has 1 aromatic heterocycles. The van der Waals surface area contributed by atoms with Gasteiger partial charge in [-0.05, 0) is 37.3 Å². The number of likely N-dealkylation sites (tertiary alicyclic amines) is 1. The highest BCUT2D eigenvalue weighted by Gasteiger charge is 2.24. The predicted molar refractivity (Wildman–Crippen MR) is 106 cm³/mol. The van der Waals surface area contributed by atoms with E-state index in [9.17, 15) is 0 Å². The molecule has 25 heavy (non-hydrogen) atoms. The molecular formula is C20H29N3OS. The topological polar surface area (TPSA) is 30.3 Å². The molecule has 1 fully saturated rings. The summed E-state index contributed by atoms with van der Waals surface area (Å²) in [4.78, 5) is 7.29. The molecule has 1 saturated heterocycles. The molecule has 1 aliphatic rings. The Kier molecular flexibility index (Phi) is 6.96. The van der Waals surface area contributed by atoms with E-state index in [4.69, 9.17) is 9.72 Å². The first-order chi connectivity index (χ1) is 12.3. The number of benzene rings is 1. The van der Waals surface area contributed by atoms with E-state index in [1.54, 1.807) is 7.11 Å². The Morgan fingerprint density at radius 1 is 1.28 bits per heavy atom. The maximum atomic E-state index is 5.21. The lowest BCUT2D eigenvalue weighted by Crippen LogP contribution is -2.25. The van der Waals surface area contributed by atoms with Crippen LogP contribution in [0.5, 0.6) is 0 Å². The van der Waals surface area contributed by atoms with Crippen molar-refractivity contribution in [2.75, 3.05) is 45.4 Å². The summed E-state index contributed by atoms with van der Waals surface area (Å²) in [5.74, 6) is 1.85. The van der Waals surface area contributed by atoms with Gasteiger partial charge in [0.05, 0.1) is 18.6 Å². The van der Waals surface area contributed by atoms with Crippen LogP contribution in [0, 0.1) is 5.92 Å². The minimum Gasteiger partial charge on any atom is -0.383 e. The van der Waals surface area contributed by atoms with E-state index < -0.39 is 0 Å². The second-order valence-corrected chi connectivity index (χ2v) is 7.73. The van der Waals surface area contributed by atoms with Crippen molar-refractivity contribution < 1.29 is 4.74 Å². The van der Waals surface area contributed by atoms with E-state index >= 15 is 0 Å². The molecule has 0 amide bonds. The molecule has 2 heterocycles. The van der Waals surface area contributed by atoms with Crippen molar-refractivity contribution in [1.82, 2.24) is 14.5 Å². The number of rotatable bonds is 9. The molecule has 1 aliphatic heterocycles. The Hall–Kier alpha value is -1.30. The van der Waals surface area contributed by atoms with Gasteiger partial charge in [0, 0.05) is 38.0 Å². The summed E-state index contributed by atoms with van der Waals surface area (Å²) in [5.41, 5.74) is 3.77. The molecule has 1 aromatic carbocycles. The van der Waals surface area contributed by atoms with E-state index in [0.29, 0.717) is 5.92 Å². The van der Waals surface area contributed by atoms with Gasteiger partial charge in [-0.1, -0.05) is 30.3 Å². The second-order valence-electron chi connectivity index (χ2n) is 6.75. The van der Waals surface area contributed by atoms with Gasteiger partial charge in [-0.2, -0.15) is 11.8 Å². The summed E-state index contributed by atoms with van der Waals surface area (Å²) in [6, 6.07) is 10.6. The Balaban J connectivity index is 1.72. The molecule has 0 saturated carbocycles. The predicted octanol–water partition coefficient (Wildman–Crippen LogP) is 3.42. The lowest BCUT2D eigenvalue weighted by molar-refractivity contribution is 0.158. The van der Waals surface area contributed by atoms with E-state index in [1.165, 1.54) is 30.8 Å². The van der Waals surface area contributed by atoms with Gasteiger partial charge in [0.15, 0.2) is 0 Å². The maximum Gasteiger partial charge on any atom is 0.0956 e. The average molecular weight is 360 g/mol. The van der Waals surface area contributed by atoms with Crippen molar-refractivity contribution in [3.63, 3.8) is 0 Å². The molecule has 0 radical (unpaired) electrons. The monoisotopic (exact) mass is 359 g/mol. The van der Waals surface area contributed by atoms with Crippen LogP contribution in [0.15, 0.2) is 36.7 Å². The fraction of sp³-hybridized carbons (Fsp3) is 0.550. The lowest BCUT2D eigenvalue weighted by Gasteiger charge is -2.17. The van der Waals surface area contributed by atoms with E-state index in [-0.39, 0.29) is 0 Å². The van der Waals surface area contributed by atoms with Crippen molar-refractivity contribution >= 4 is 11.8 Å². The zero-order valence-electron chi connectivity index (χ0n) is 15.4. The molecule has 0 aliphatic carbocycles. The minimum absolute atomic E-state index is 0.711. The highest BCUT2D eigenvalue weighted by molar-refractivity contribution is 7.98. The summed E-state index contributed by atoms with van der Waals surface area (Å²) < 4.78 is 7.62. The molecule has 3 rings (SSSR count). The van der Waals surface area contributed by atoms with Crippen LogP contribution >= 0.6 is 11.8 Å². The number of hydrogen-bond acceptors (Lipinski definition) is 4. The molecule has 2 aromatic rings. The molecule has 5 heteroatoms. The quantitative estimate of drug-likeness (QED) is 0.686. The lowest BCUT2D eigenvalue weighted by atomic mass is 10.1. The summed E-state index contributed by atoms with van der Waals surface area (Å²) in [6.07, 6.45) is 6.57. The van der Waals surface area contributed by atoms with Crippen molar-refractivity contribution in [2.24, 2.45) is 5.92 Å². The number of ether oxygens (including phenoxy) is 1. The maximum absolute atomic E-state index is 5.21. The second kappa shape index (κ2) is 9.41. The third-order valence-corrected chi connectivity index (χ3v) is 5.59. The Morgan fingerprint density at radius 2 is 2.12 bits per heavy atom. The van der Waals surface area contributed by atoms with Crippen LogP contribution in [0.1, 0.15) is 12.1 Å². The van der Waals surface area contributed by atoms with Gasteiger partial charge in [-0.3, -0.25) is 0 Å². The Labute approximate surface area is 155 Å². The SMILES string of the molecule is COCCN1CC[C@@H](Cn2cnc(-c3ccccc3)c2CCSC)C1. The van der Waals surface area contributed by atoms with Gasteiger partial charge in [-0.25, -0.2) is 4.98 Å². The molecular weight excluding hydrogens is 330 g/mol. The number of aromatic nitrogens is 2. The van der Waals surface area contributed by atoms with E-state index in [1.807, 2.05) is 11.8 Å². The van der Waals surface area contributed by atoms with Gasteiger partial charge in [0.25, 0.3) is 0 Å². The molecule has 1 atom stereocenters. The first-order valence-electron chi connectivity index (χ1n) is 9.11. The molecule has 0 unspecified atom stereocenters. The minimum atomic E-state index is 0.711. The zero-order chi connectivity index (χ0) is 17.5. The van der Waals surface area contributed by atoms with Gasteiger partial charge in [-0.15, -0.1) is 0 Å². The number of thioether (sulfide) groups is 1. The van der Waals surface area contributed by atoms with Gasteiger partial charge in [0.2, 0.25) is 0 Å². The third-order valence-electron chi connectivity index (χ3n) is 4.97. The normalized spacial score (nSPS) is 18.1. The summed E-state index contributed by atoms with van der Waals surface area (Å²) in [6.45, 7) is 5.31. The van der Waals surface area contributed by atoms with Gasteiger partial charge in [0.1, 0.15) is 0 Å². The van der Waals surface area contributed by atoms with Crippen LogP contribution in [0.2, 0.25) is 0 Å². The van der Waals surface area contributed by atoms with E-state index in [0.717, 1.165) is 37.6 Å². The van der Waals surface area contributed by atoms with Crippen molar-refractivity contribution in [3.05, 3.63) is 42.4 Å². The molecule has 4 nitrogen and oxygen atoms in total. The van der Waals surface area contributed by atoms with Crippen LogP contribution in [0.25, 0.3) is 11.3 Å². The van der Waals surface area contributed by atoms with Crippen LogP contribution in [-0.4, -0.2) is 59.8 Å². The third kappa shape index (κ3) is 4.87. The Morgan fingerprint density at radius 3 is 2.88 bits per heavy atom. The summed E-state index contributed by atoms with van der Waals surface area (Å²) in [5, 5.41) is 0. The van der Waals surface area contributed by atoms with E-state index in [2.05, 4.69) is 52.4 Å². The number of hydrogen-bond donors (Lipinski definition) is 0. The summed E-state index contributed by atoms with van der Waals surface area (Å²) >= 11 is 1.90. The van der Waals surface area contributed by atoms with Crippen molar-refractivity contribution in [2.45, 2.75) is 19.4 Å². The summed E-state index contributed by atoms with van der Waals surface area (Å²) in [7, 11) is 1.78. The molecule has 0 N–H and O–H groups in total. The van der Waals surface area contributed by atoms with Gasteiger partial charge >= 0.3 is 0 Å². The van der Waals surface area contributed by atoms with Crippen molar-refractivity contribution in [1.29, 1.82) is 0 Å². The largest absolute Gasteiger partial charge is 0.383 e. The average Bonchev–Trinajstić information content (AvgIpc) is 3.26. The first-order valence-corrected chi connectivity index (χ1v) is 10.5. The fourth-order valence-electron chi connectivity index (χ4n) is 3.63. The zero-order valence-corrected chi connectivity index (χ0v) is 16.2. The number of nitrogens with zero attached hydrogens (tertiary/aromatic N) is 3. The number of imidazole rings is 1. The van der Waals surface area contributed by atoms with Crippen LogP contribution < -0.4 is 0 Å². The van der Waals surface area contributed by atoms with Crippen LogP contribution in [0.3, 0.4) is 0 Å². The van der Waals surface area contributed by atoms with Crippen LogP contribution in [0.4, 0.5) is 0 Å². The van der Waals surface area contributed by atoms with Crippen molar-refractivity contribution in [3.8, 4) is 11.3 Å². The number of methoxy groups -OCH3 is 1. The fourth-order valence-corrected chi connectivity index (χ4v) is 4.02. The standard InChI is InChI=1S/C20H29N3OS/c1-24-12-11-22-10-8-17(14-22)15-23-16-21-20(19(23)9-13-25-2)18-6-4-3-5-7-18/h3-7,16-17H,8-15H2,1-2H3/t17-/m1/s1. The first kappa shape index (κ1) is 18.5. The molecule has 0 spiro atoms.